The highest BCUT2D eigenvalue weighted by atomic mass is 32.1. The highest BCUT2D eigenvalue weighted by Crippen LogP contribution is 2.12. The van der Waals surface area contributed by atoms with Crippen LogP contribution in [0.25, 0.3) is 6.08 Å². The molecule has 0 aromatic carbocycles. The molecule has 1 aliphatic heterocycles. The molecule has 1 aliphatic rings. The second-order valence-corrected chi connectivity index (χ2v) is 6.13. The highest BCUT2D eigenvalue weighted by molar-refractivity contribution is 7.12. The number of nitrogens with zero attached hydrogens (tertiary/aromatic N) is 2. The van der Waals surface area contributed by atoms with Gasteiger partial charge in [0.25, 0.3) is 11.8 Å². The molecule has 0 aliphatic carbocycles. The van der Waals surface area contributed by atoms with E-state index < -0.39 is 0 Å². The number of morpholine rings is 1. The van der Waals surface area contributed by atoms with Crippen LogP contribution < -0.4 is 5.32 Å². The molecule has 2 amide bonds. The Hall–Kier alpha value is -2.51. The van der Waals surface area contributed by atoms with E-state index in [1.54, 1.807) is 41.6 Å². The molecule has 6 nitrogen and oxygen atoms in total. The van der Waals surface area contributed by atoms with Crippen LogP contribution in [0.3, 0.4) is 0 Å². The fourth-order valence-corrected chi connectivity index (χ4v) is 2.93. The summed E-state index contributed by atoms with van der Waals surface area (Å²) in [4.78, 5) is 31.4. The lowest BCUT2D eigenvalue weighted by Gasteiger charge is -2.27. The summed E-state index contributed by atoms with van der Waals surface area (Å²) < 4.78 is 5.28. The zero-order valence-electron chi connectivity index (χ0n) is 13.0. The fraction of sp³-hybridized carbons (Fsp3) is 0.235. The Morgan fingerprint density at radius 2 is 2.08 bits per heavy atom. The molecular weight excluding hydrogens is 326 g/mol. The van der Waals surface area contributed by atoms with Crippen molar-refractivity contribution in [1.82, 2.24) is 15.2 Å². The molecule has 2 aromatic heterocycles. The lowest BCUT2D eigenvalue weighted by Crippen LogP contribution is -2.44. The third-order valence-electron chi connectivity index (χ3n) is 3.52. The molecular formula is C17H17N3O3S. The van der Waals surface area contributed by atoms with Crippen LogP contribution in [0.4, 0.5) is 0 Å². The lowest BCUT2D eigenvalue weighted by molar-refractivity contribution is -0.131. The van der Waals surface area contributed by atoms with E-state index >= 15 is 0 Å². The third kappa shape index (κ3) is 4.06. The second-order valence-electron chi connectivity index (χ2n) is 5.18. The SMILES string of the molecule is O=C(NC(=Cc1cccnc1)C(=O)N1CCOCC1)c1cccs1. The quantitative estimate of drug-likeness (QED) is 0.859. The van der Waals surface area contributed by atoms with E-state index in [0.29, 0.717) is 31.2 Å². The van der Waals surface area contributed by atoms with Crippen molar-refractivity contribution in [2.24, 2.45) is 0 Å². The van der Waals surface area contributed by atoms with Crippen molar-refractivity contribution in [2.75, 3.05) is 26.3 Å². The molecule has 0 radical (unpaired) electrons. The Kier molecular flexibility index (Phi) is 5.35. The molecule has 3 rings (SSSR count). The van der Waals surface area contributed by atoms with Crippen LogP contribution in [0, 0.1) is 0 Å². The summed E-state index contributed by atoms with van der Waals surface area (Å²) in [7, 11) is 0. The lowest BCUT2D eigenvalue weighted by atomic mass is 10.2. The number of hydrogen-bond donors (Lipinski definition) is 1. The number of pyridine rings is 1. The zero-order valence-corrected chi connectivity index (χ0v) is 13.8. The van der Waals surface area contributed by atoms with Crippen molar-refractivity contribution in [2.45, 2.75) is 0 Å². The zero-order chi connectivity index (χ0) is 16.8. The number of rotatable bonds is 4. The van der Waals surface area contributed by atoms with Crippen LogP contribution >= 0.6 is 11.3 Å². The van der Waals surface area contributed by atoms with Crippen LogP contribution in [0.2, 0.25) is 0 Å². The van der Waals surface area contributed by atoms with Crippen LogP contribution in [0.5, 0.6) is 0 Å². The molecule has 24 heavy (non-hydrogen) atoms. The van der Waals surface area contributed by atoms with Gasteiger partial charge in [-0.25, -0.2) is 0 Å². The third-order valence-corrected chi connectivity index (χ3v) is 4.39. The number of thiophene rings is 1. The molecule has 7 heteroatoms. The van der Waals surface area contributed by atoms with Crippen molar-refractivity contribution in [3.8, 4) is 0 Å². The maximum absolute atomic E-state index is 12.8. The summed E-state index contributed by atoms with van der Waals surface area (Å²) >= 11 is 1.33. The standard InChI is InChI=1S/C17H17N3O3S/c21-16(15-4-2-10-24-15)19-14(11-13-3-1-5-18-12-13)17(22)20-6-8-23-9-7-20/h1-5,10-12H,6-9H2,(H,19,21). The van der Waals surface area contributed by atoms with E-state index in [-0.39, 0.29) is 17.5 Å². The maximum Gasteiger partial charge on any atom is 0.270 e. The molecule has 2 aromatic rings. The predicted octanol–water partition coefficient (Wildman–Crippen LogP) is 1.77. The largest absolute Gasteiger partial charge is 0.378 e. The van der Waals surface area contributed by atoms with Crippen molar-refractivity contribution in [1.29, 1.82) is 0 Å². The molecule has 1 N–H and O–H groups in total. The summed E-state index contributed by atoms with van der Waals surface area (Å²) in [6, 6.07) is 7.13. The average Bonchev–Trinajstić information content (AvgIpc) is 3.17. The number of amides is 2. The van der Waals surface area contributed by atoms with Crippen molar-refractivity contribution < 1.29 is 14.3 Å². The first-order chi connectivity index (χ1) is 11.7. The topological polar surface area (TPSA) is 71.5 Å². The monoisotopic (exact) mass is 343 g/mol. The molecule has 0 bridgehead atoms. The predicted molar refractivity (Wildman–Crippen MR) is 91.4 cm³/mol. The van der Waals surface area contributed by atoms with E-state index in [1.165, 1.54) is 11.3 Å². The minimum absolute atomic E-state index is 0.216. The Labute approximate surface area is 143 Å². The number of aromatic nitrogens is 1. The number of hydrogen-bond acceptors (Lipinski definition) is 5. The Morgan fingerprint density at radius 1 is 1.25 bits per heavy atom. The maximum atomic E-state index is 12.8. The van der Waals surface area contributed by atoms with Crippen molar-refractivity contribution >= 4 is 29.2 Å². The highest BCUT2D eigenvalue weighted by Gasteiger charge is 2.22. The van der Waals surface area contributed by atoms with Gasteiger partial charge in [-0.05, 0) is 29.2 Å². The van der Waals surface area contributed by atoms with E-state index in [4.69, 9.17) is 4.74 Å². The molecule has 1 saturated heterocycles. The minimum atomic E-state index is -0.290. The van der Waals surface area contributed by atoms with Crippen LogP contribution in [0.15, 0.2) is 47.7 Å². The molecule has 0 saturated carbocycles. The molecule has 3 heterocycles. The van der Waals surface area contributed by atoms with Crippen LogP contribution in [0.1, 0.15) is 15.2 Å². The van der Waals surface area contributed by atoms with Gasteiger partial charge >= 0.3 is 0 Å². The summed E-state index contributed by atoms with van der Waals surface area (Å²) in [6.07, 6.45) is 4.95. The van der Waals surface area contributed by atoms with E-state index in [1.807, 2.05) is 11.4 Å². The number of nitrogens with one attached hydrogen (secondary N) is 1. The summed E-state index contributed by atoms with van der Waals surface area (Å²) in [6.45, 7) is 2.03. The van der Waals surface area contributed by atoms with Gasteiger partial charge in [0.1, 0.15) is 5.70 Å². The Bertz CT molecular complexity index is 723. The average molecular weight is 343 g/mol. The first kappa shape index (κ1) is 16.4. The molecule has 0 spiro atoms. The van der Waals surface area contributed by atoms with Gasteiger partial charge in [0.2, 0.25) is 0 Å². The number of carbonyl (C=O) groups excluding carboxylic acids is 2. The summed E-state index contributed by atoms with van der Waals surface area (Å²) in [5, 5.41) is 4.56. The minimum Gasteiger partial charge on any atom is -0.378 e. The molecule has 0 atom stereocenters. The Morgan fingerprint density at radius 3 is 2.75 bits per heavy atom. The van der Waals surface area contributed by atoms with Gasteiger partial charge in [-0.15, -0.1) is 11.3 Å². The van der Waals surface area contributed by atoms with Gasteiger partial charge < -0.3 is 15.0 Å². The van der Waals surface area contributed by atoms with Gasteiger partial charge in [0, 0.05) is 25.5 Å². The molecule has 0 unspecified atom stereocenters. The van der Waals surface area contributed by atoms with Crippen molar-refractivity contribution in [3.05, 3.63) is 58.2 Å². The first-order valence-electron chi connectivity index (χ1n) is 7.57. The normalized spacial score (nSPS) is 15.2. The van der Waals surface area contributed by atoms with Gasteiger partial charge in [-0.3, -0.25) is 14.6 Å². The second kappa shape index (κ2) is 7.85. The van der Waals surface area contributed by atoms with E-state index in [9.17, 15) is 9.59 Å². The molecule has 124 valence electrons. The van der Waals surface area contributed by atoms with E-state index in [2.05, 4.69) is 10.3 Å². The van der Waals surface area contributed by atoms with Crippen LogP contribution in [-0.4, -0.2) is 48.0 Å². The van der Waals surface area contributed by atoms with E-state index in [0.717, 1.165) is 5.56 Å². The van der Waals surface area contributed by atoms with Crippen molar-refractivity contribution in [3.63, 3.8) is 0 Å². The van der Waals surface area contributed by atoms with Gasteiger partial charge in [0.15, 0.2) is 0 Å². The first-order valence-corrected chi connectivity index (χ1v) is 8.45. The van der Waals surface area contributed by atoms with Gasteiger partial charge in [-0.2, -0.15) is 0 Å². The summed E-state index contributed by atoms with van der Waals surface area (Å²) in [5.74, 6) is -0.506. The van der Waals surface area contributed by atoms with Gasteiger partial charge in [-0.1, -0.05) is 12.1 Å². The number of carbonyl (C=O) groups is 2. The number of ether oxygens (including phenoxy) is 1. The summed E-state index contributed by atoms with van der Waals surface area (Å²) in [5.41, 5.74) is 0.990. The molecule has 1 fully saturated rings. The smallest absolute Gasteiger partial charge is 0.270 e. The Balaban J connectivity index is 1.84. The van der Waals surface area contributed by atoms with Crippen LogP contribution in [-0.2, 0) is 9.53 Å². The fourth-order valence-electron chi connectivity index (χ4n) is 2.31. The van der Waals surface area contributed by atoms with Gasteiger partial charge in [0.05, 0.1) is 18.1 Å².